The first-order valence-corrected chi connectivity index (χ1v) is 18.1. The lowest BCUT2D eigenvalue weighted by atomic mass is 9.78. The summed E-state index contributed by atoms with van der Waals surface area (Å²) in [5.74, 6) is 0.724. The molecular weight excluding hydrogens is 627 g/mol. The molecule has 0 atom stereocenters. The van der Waals surface area contributed by atoms with E-state index in [0.29, 0.717) is 0 Å². The Kier molecular flexibility index (Phi) is 6.52. The van der Waals surface area contributed by atoms with E-state index in [1.807, 2.05) is 12.1 Å². The Morgan fingerprint density at radius 1 is 0.620 bits per heavy atom. The van der Waals surface area contributed by atoms with Crippen LogP contribution < -0.4 is 0 Å². The van der Waals surface area contributed by atoms with Gasteiger partial charge in [-0.25, -0.2) is 15.0 Å². The van der Waals surface area contributed by atoms with Crippen molar-refractivity contribution in [3.8, 4) is 44.5 Å². The van der Waals surface area contributed by atoms with E-state index >= 15 is 0 Å². The molecule has 0 aliphatic heterocycles. The van der Waals surface area contributed by atoms with Crippen LogP contribution in [0.15, 0.2) is 145 Å². The highest BCUT2D eigenvalue weighted by Crippen LogP contribution is 2.51. The van der Waals surface area contributed by atoms with E-state index in [2.05, 4.69) is 141 Å². The van der Waals surface area contributed by atoms with Crippen LogP contribution in [0.1, 0.15) is 37.8 Å². The Morgan fingerprint density at radius 3 is 2.16 bits per heavy atom. The van der Waals surface area contributed by atoms with Crippen LogP contribution in [0, 0.1) is 0 Å². The predicted molar refractivity (Wildman–Crippen MR) is 210 cm³/mol. The molecule has 0 saturated heterocycles. The van der Waals surface area contributed by atoms with Gasteiger partial charge in [-0.05, 0) is 70.0 Å². The largest absolute Gasteiger partial charge is 0.235 e. The van der Waals surface area contributed by atoms with Crippen molar-refractivity contribution in [3.05, 3.63) is 156 Å². The molecule has 0 bridgehead atoms. The van der Waals surface area contributed by atoms with Crippen molar-refractivity contribution in [3.63, 3.8) is 0 Å². The topological polar surface area (TPSA) is 38.7 Å². The van der Waals surface area contributed by atoms with Crippen molar-refractivity contribution in [2.24, 2.45) is 0 Å². The fourth-order valence-electron chi connectivity index (χ4n) is 8.05. The fraction of sp³-hybridized carbons (Fsp3) is 0.109. The maximum atomic E-state index is 5.27. The van der Waals surface area contributed by atoms with Crippen LogP contribution in [0.25, 0.3) is 81.8 Å². The molecule has 0 fully saturated rings. The van der Waals surface area contributed by atoms with Crippen LogP contribution in [-0.4, -0.2) is 15.0 Å². The number of benzene rings is 6. The number of hydrogen-bond acceptors (Lipinski definition) is 4. The van der Waals surface area contributed by atoms with Crippen LogP contribution in [0.2, 0.25) is 0 Å². The van der Waals surface area contributed by atoms with Crippen LogP contribution >= 0.6 is 11.3 Å². The summed E-state index contributed by atoms with van der Waals surface area (Å²) < 4.78 is 1.20. The van der Waals surface area contributed by atoms with Crippen LogP contribution in [-0.2, 0) is 5.41 Å². The quantitative estimate of drug-likeness (QED) is 0.177. The lowest BCUT2D eigenvalue weighted by Crippen LogP contribution is -2.17. The zero-order chi connectivity index (χ0) is 33.4. The molecule has 2 aliphatic rings. The molecule has 6 aromatic carbocycles. The summed E-state index contributed by atoms with van der Waals surface area (Å²) in [5, 5.41) is 5.77. The third kappa shape index (κ3) is 4.59. The van der Waals surface area contributed by atoms with Crippen molar-refractivity contribution >= 4 is 48.7 Å². The number of thiazole rings is 1. The van der Waals surface area contributed by atoms with E-state index in [9.17, 15) is 0 Å². The zero-order valence-electron chi connectivity index (χ0n) is 27.9. The Balaban J connectivity index is 1.12. The normalized spacial score (nSPS) is 14.8. The van der Waals surface area contributed by atoms with Gasteiger partial charge >= 0.3 is 0 Å². The third-order valence-corrected chi connectivity index (χ3v) is 11.7. The zero-order valence-corrected chi connectivity index (χ0v) is 28.8. The van der Waals surface area contributed by atoms with Crippen molar-refractivity contribution in [1.29, 1.82) is 0 Å². The van der Waals surface area contributed by atoms with Gasteiger partial charge < -0.3 is 0 Å². The molecule has 10 rings (SSSR count). The molecule has 0 N–H and O–H groups in total. The predicted octanol–water partition coefficient (Wildman–Crippen LogP) is 12.5. The highest BCUT2D eigenvalue weighted by atomic mass is 32.1. The van der Waals surface area contributed by atoms with E-state index < -0.39 is 0 Å². The number of allylic oxidation sites excluding steroid dienone is 4. The minimum Gasteiger partial charge on any atom is -0.235 e. The summed E-state index contributed by atoms with van der Waals surface area (Å²) in [5.41, 5.74) is 12.9. The van der Waals surface area contributed by atoms with E-state index in [4.69, 9.17) is 15.0 Å². The molecule has 50 heavy (non-hydrogen) atoms. The Hall–Kier alpha value is -5.71. The summed E-state index contributed by atoms with van der Waals surface area (Å²) in [7, 11) is 0. The third-order valence-electron chi connectivity index (χ3n) is 10.6. The van der Waals surface area contributed by atoms with Gasteiger partial charge in [0.2, 0.25) is 0 Å². The van der Waals surface area contributed by atoms with Gasteiger partial charge in [-0.15, -0.1) is 11.3 Å². The van der Waals surface area contributed by atoms with Gasteiger partial charge in [-0.3, -0.25) is 0 Å². The van der Waals surface area contributed by atoms with Crippen LogP contribution in [0.3, 0.4) is 0 Å². The summed E-state index contributed by atoms with van der Waals surface area (Å²) in [6, 6.07) is 45.5. The number of hydrogen-bond donors (Lipinski definition) is 0. The van der Waals surface area contributed by atoms with Gasteiger partial charge in [-0.2, -0.15) is 0 Å². The molecular formula is C46H33N3S. The first-order chi connectivity index (χ1) is 24.5. The molecule has 4 heteroatoms. The molecule has 8 aromatic rings. The summed E-state index contributed by atoms with van der Waals surface area (Å²) in [6.45, 7) is 4.75. The molecule has 2 heterocycles. The molecule has 0 spiro atoms. The van der Waals surface area contributed by atoms with E-state index in [1.165, 1.54) is 37.6 Å². The van der Waals surface area contributed by atoms with E-state index in [0.717, 1.165) is 68.2 Å². The first-order valence-electron chi connectivity index (χ1n) is 17.3. The fourth-order valence-corrected chi connectivity index (χ4v) is 9.03. The van der Waals surface area contributed by atoms with Gasteiger partial charge in [0.15, 0.2) is 5.82 Å². The average Bonchev–Trinajstić information content (AvgIpc) is 3.71. The van der Waals surface area contributed by atoms with E-state index in [1.54, 1.807) is 16.9 Å². The maximum absolute atomic E-state index is 5.27. The highest BCUT2D eigenvalue weighted by molar-refractivity contribution is 7.21. The number of rotatable bonds is 4. The van der Waals surface area contributed by atoms with Crippen LogP contribution in [0.5, 0.6) is 0 Å². The Morgan fingerprint density at radius 2 is 1.34 bits per heavy atom. The Labute approximate surface area is 295 Å². The number of fused-ring (bicyclic) bond motifs is 7. The van der Waals surface area contributed by atoms with Crippen LogP contribution in [0.4, 0.5) is 0 Å². The first kappa shape index (κ1) is 29.2. The summed E-state index contributed by atoms with van der Waals surface area (Å²) in [6.07, 6.45) is 6.88. The van der Waals surface area contributed by atoms with Gasteiger partial charge in [0.05, 0.1) is 21.6 Å². The standard InChI is InChI=1S/C46H33N3S/c1-46(2)37-16-10-9-15-35(37)36-23-19-32(26-38(36)46)40-27-39(28-11-5-3-6-12-28)47-44(48-40)33-20-22-34-31(25-33)18-17-29-21-24-41-43(42(29)34)49-45(50-41)30-13-7-4-8-14-30/h3-9,11-15,17-27H,10,16H2,1-2H3. The molecule has 2 aliphatic carbocycles. The molecule has 3 nitrogen and oxygen atoms in total. The van der Waals surface area contributed by atoms with Gasteiger partial charge in [0.1, 0.15) is 5.01 Å². The summed E-state index contributed by atoms with van der Waals surface area (Å²) >= 11 is 1.75. The maximum Gasteiger partial charge on any atom is 0.160 e. The highest BCUT2D eigenvalue weighted by Gasteiger charge is 2.37. The van der Waals surface area contributed by atoms with Crippen molar-refractivity contribution in [2.45, 2.75) is 32.1 Å². The second kappa shape index (κ2) is 11.2. The second-order valence-corrected chi connectivity index (χ2v) is 15.0. The molecule has 238 valence electrons. The molecule has 0 unspecified atom stereocenters. The Bertz CT molecular complexity index is 2720. The molecule has 2 aromatic heterocycles. The van der Waals surface area contributed by atoms with Gasteiger partial charge in [0, 0.05) is 33.1 Å². The smallest absolute Gasteiger partial charge is 0.160 e. The molecule has 0 amide bonds. The molecule has 0 saturated carbocycles. The summed E-state index contributed by atoms with van der Waals surface area (Å²) in [4.78, 5) is 15.6. The lowest BCUT2D eigenvalue weighted by Gasteiger charge is -2.26. The van der Waals surface area contributed by atoms with Gasteiger partial charge in [0.25, 0.3) is 0 Å². The van der Waals surface area contributed by atoms with Crippen molar-refractivity contribution < 1.29 is 0 Å². The van der Waals surface area contributed by atoms with Gasteiger partial charge in [-0.1, -0.05) is 135 Å². The minimum absolute atomic E-state index is 0.00470. The SMILES string of the molecule is CC1(C)C2=C(C=CCC2)c2ccc(-c3cc(-c4ccccc4)nc(-c4ccc5c(ccc6ccc7sc(-c8ccccc8)nc7c65)c4)n3)cc21. The number of aromatic nitrogens is 3. The second-order valence-electron chi connectivity index (χ2n) is 13.9. The lowest BCUT2D eigenvalue weighted by molar-refractivity contribution is 0.607. The van der Waals surface area contributed by atoms with Crippen molar-refractivity contribution in [2.75, 3.05) is 0 Å². The van der Waals surface area contributed by atoms with Crippen molar-refractivity contribution in [1.82, 2.24) is 15.0 Å². The van der Waals surface area contributed by atoms with E-state index in [-0.39, 0.29) is 5.41 Å². The minimum atomic E-state index is -0.00470. The average molecular weight is 660 g/mol. The molecule has 0 radical (unpaired) electrons. The monoisotopic (exact) mass is 659 g/mol. The number of nitrogens with zero attached hydrogens (tertiary/aromatic N) is 3.